The van der Waals surface area contributed by atoms with Gasteiger partial charge in [-0.3, -0.25) is 4.90 Å². The highest BCUT2D eigenvalue weighted by molar-refractivity contribution is 5.16. The van der Waals surface area contributed by atoms with Crippen molar-refractivity contribution in [2.45, 2.75) is 62.9 Å². The van der Waals surface area contributed by atoms with Crippen LogP contribution in [0.4, 0.5) is 0 Å². The third kappa shape index (κ3) is 2.53. The largest absolute Gasteiger partial charge is 0.301 e. The Balaban J connectivity index is 1.71. The third-order valence-corrected chi connectivity index (χ3v) is 5.73. The first-order valence-corrected chi connectivity index (χ1v) is 8.13. The highest BCUT2D eigenvalue weighted by Crippen LogP contribution is 2.42. The molecule has 3 nitrogen and oxygen atoms in total. The lowest BCUT2D eigenvalue weighted by atomic mass is 9.77. The first-order chi connectivity index (χ1) is 9.29. The van der Waals surface area contributed by atoms with Crippen molar-refractivity contribution in [2.75, 3.05) is 20.1 Å². The Kier molecular flexibility index (Phi) is 3.82. The van der Waals surface area contributed by atoms with E-state index in [0.717, 1.165) is 18.5 Å². The van der Waals surface area contributed by atoms with Gasteiger partial charge >= 0.3 is 0 Å². The van der Waals surface area contributed by atoms with Gasteiger partial charge in [0.2, 0.25) is 0 Å². The van der Waals surface area contributed by atoms with Gasteiger partial charge in [0.15, 0.2) is 0 Å². The molecule has 3 heteroatoms. The summed E-state index contributed by atoms with van der Waals surface area (Å²) in [5.74, 6) is 1.50. The van der Waals surface area contributed by atoms with Gasteiger partial charge in [0.05, 0.1) is 6.07 Å². The van der Waals surface area contributed by atoms with Crippen LogP contribution in [0.15, 0.2) is 0 Å². The Bertz CT molecular complexity index is 355. The van der Waals surface area contributed by atoms with E-state index in [-0.39, 0.29) is 5.54 Å². The number of hydrogen-bond donors (Lipinski definition) is 1. The maximum atomic E-state index is 9.67. The van der Waals surface area contributed by atoms with Crippen molar-refractivity contribution in [3.8, 4) is 6.07 Å². The highest BCUT2D eigenvalue weighted by Gasteiger charge is 2.47. The summed E-state index contributed by atoms with van der Waals surface area (Å²) >= 11 is 0. The SMILES string of the molecule is CNC(C#N)(CN1CCC[C@H]2CCCC[C@H]21)C1CC1. The predicted molar refractivity (Wildman–Crippen MR) is 76.7 cm³/mol. The van der Waals surface area contributed by atoms with Crippen molar-refractivity contribution in [1.82, 2.24) is 10.2 Å². The lowest BCUT2D eigenvalue weighted by Crippen LogP contribution is -2.58. The Labute approximate surface area is 117 Å². The fourth-order valence-corrected chi connectivity index (χ4v) is 4.42. The van der Waals surface area contributed by atoms with Gasteiger partial charge in [-0.1, -0.05) is 12.8 Å². The van der Waals surface area contributed by atoms with E-state index in [1.54, 1.807) is 0 Å². The monoisotopic (exact) mass is 261 g/mol. The van der Waals surface area contributed by atoms with E-state index in [1.165, 1.54) is 57.9 Å². The Morgan fingerprint density at radius 3 is 2.58 bits per heavy atom. The van der Waals surface area contributed by atoms with Crippen LogP contribution in [0, 0.1) is 23.2 Å². The molecule has 1 saturated heterocycles. The lowest BCUT2D eigenvalue weighted by Gasteiger charge is -2.46. The molecule has 1 unspecified atom stereocenters. The van der Waals surface area contributed by atoms with Crippen LogP contribution < -0.4 is 5.32 Å². The maximum absolute atomic E-state index is 9.67. The molecule has 3 aliphatic rings. The fraction of sp³-hybridized carbons (Fsp3) is 0.938. The summed E-state index contributed by atoms with van der Waals surface area (Å²) in [5, 5.41) is 13.0. The molecule has 3 rings (SSSR count). The molecule has 2 saturated carbocycles. The van der Waals surface area contributed by atoms with Crippen LogP contribution in [0.5, 0.6) is 0 Å². The molecule has 0 spiro atoms. The average Bonchev–Trinajstić information content (AvgIpc) is 3.30. The van der Waals surface area contributed by atoms with Crippen LogP contribution in [0.1, 0.15) is 51.4 Å². The molecular weight excluding hydrogens is 234 g/mol. The Morgan fingerprint density at radius 1 is 1.16 bits per heavy atom. The zero-order valence-corrected chi connectivity index (χ0v) is 12.2. The van der Waals surface area contributed by atoms with Crippen molar-refractivity contribution in [1.29, 1.82) is 5.26 Å². The summed E-state index contributed by atoms with van der Waals surface area (Å²) < 4.78 is 0. The molecule has 1 aliphatic heterocycles. The molecule has 0 aromatic heterocycles. The number of hydrogen-bond acceptors (Lipinski definition) is 3. The minimum absolute atomic E-state index is 0.278. The van der Waals surface area contributed by atoms with E-state index in [2.05, 4.69) is 16.3 Å². The smallest absolute Gasteiger partial charge is 0.122 e. The normalized spacial score (nSPS) is 35.2. The van der Waals surface area contributed by atoms with E-state index >= 15 is 0 Å². The number of likely N-dealkylation sites (N-methyl/N-ethyl adjacent to an activating group) is 1. The summed E-state index contributed by atoms with van der Waals surface area (Å²) in [7, 11) is 1.98. The number of rotatable bonds is 4. The van der Waals surface area contributed by atoms with Crippen LogP contribution in [-0.4, -0.2) is 36.6 Å². The van der Waals surface area contributed by atoms with Gasteiger partial charge in [-0.25, -0.2) is 0 Å². The first-order valence-electron chi connectivity index (χ1n) is 8.13. The van der Waals surface area contributed by atoms with Gasteiger partial charge in [0, 0.05) is 12.6 Å². The van der Waals surface area contributed by atoms with Crippen molar-refractivity contribution in [2.24, 2.45) is 11.8 Å². The van der Waals surface area contributed by atoms with Gasteiger partial charge in [-0.15, -0.1) is 0 Å². The molecule has 1 N–H and O–H groups in total. The van der Waals surface area contributed by atoms with Gasteiger partial charge in [0.1, 0.15) is 5.54 Å². The molecule has 3 atom stereocenters. The molecular formula is C16H27N3. The molecule has 1 heterocycles. The number of nitrogens with one attached hydrogen (secondary N) is 1. The molecule has 0 aromatic rings. The van der Waals surface area contributed by atoms with Crippen LogP contribution >= 0.6 is 0 Å². The minimum atomic E-state index is -0.278. The van der Waals surface area contributed by atoms with Crippen LogP contribution in [-0.2, 0) is 0 Å². The Morgan fingerprint density at radius 2 is 1.89 bits per heavy atom. The number of nitrogens with zero attached hydrogens (tertiary/aromatic N) is 2. The summed E-state index contributed by atoms with van der Waals surface area (Å²) in [5.41, 5.74) is -0.278. The van der Waals surface area contributed by atoms with Crippen LogP contribution in [0.25, 0.3) is 0 Å². The number of piperidine rings is 1. The lowest BCUT2D eigenvalue weighted by molar-refractivity contribution is 0.0422. The van der Waals surface area contributed by atoms with Crippen LogP contribution in [0.3, 0.4) is 0 Å². The van der Waals surface area contributed by atoms with Gasteiger partial charge in [-0.05, 0) is 64.0 Å². The molecule has 2 aliphatic carbocycles. The second-order valence-electron chi connectivity index (χ2n) is 6.83. The number of nitriles is 1. The molecule has 0 amide bonds. The topological polar surface area (TPSA) is 39.1 Å². The number of fused-ring (bicyclic) bond motifs is 1. The zero-order chi connectivity index (χ0) is 13.3. The van der Waals surface area contributed by atoms with E-state index in [1.807, 2.05) is 7.05 Å². The van der Waals surface area contributed by atoms with Crippen molar-refractivity contribution in [3.05, 3.63) is 0 Å². The molecule has 106 valence electrons. The van der Waals surface area contributed by atoms with E-state index in [0.29, 0.717) is 5.92 Å². The summed E-state index contributed by atoms with van der Waals surface area (Å²) in [6.45, 7) is 2.16. The van der Waals surface area contributed by atoms with Crippen molar-refractivity contribution >= 4 is 0 Å². The van der Waals surface area contributed by atoms with Gasteiger partial charge < -0.3 is 5.32 Å². The van der Waals surface area contributed by atoms with E-state index in [9.17, 15) is 5.26 Å². The van der Waals surface area contributed by atoms with Crippen LogP contribution in [0.2, 0.25) is 0 Å². The second-order valence-corrected chi connectivity index (χ2v) is 6.83. The second kappa shape index (κ2) is 5.42. The predicted octanol–water partition coefficient (Wildman–Crippen LogP) is 2.53. The summed E-state index contributed by atoms with van der Waals surface area (Å²) in [4.78, 5) is 2.66. The highest BCUT2D eigenvalue weighted by atomic mass is 15.2. The zero-order valence-electron chi connectivity index (χ0n) is 12.2. The quantitative estimate of drug-likeness (QED) is 0.845. The van der Waals surface area contributed by atoms with E-state index in [4.69, 9.17) is 0 Å². The molecule has 0 radical (unpaired) electrons. The summed E-state index contributed by atoms with van der Waals surface area (Å²) in [6, 6.07) is 3.38. The minimum Gasteiger partial charge on any atom is -0.301 e. The number of likely N-dealkylation sites (tertiary alicyclic amines) is 1. The van der Waals surface area contributed by atoms with Crippen molar-refractivity contribution in [3.63, 3.8) is 0 Å². The maximum Gasteiger partial charge on any atom is 0.122 e. The Hall–Kier alpha value is -0.590. The standard InChI is InChI=1S/C16H27N3/c1-18-16(11-17,14-8-9-14)12-19-10-4-6-13-5-2-3-7-15(13)19/h13-15,18H,2-10,12H2,1H3/t13-,15-,16?/m1/s1. The van der Waals surface area contributed by atoms with Gasteiger partial charge in [0.25, 0.3) is 0 Å². The third-order valence-electron chi connectivity index (χ3n) is 5.73. The molecule has 0 bridgehead atoms. The summed E-state index contributed by atoms with van der Waals surface area (Å²) in [6.07, 6.45) is 10.8. The molecule has 0 aromatic carbocycles. The first kappa shape index (κ1) is 13.4. The molecule has 19 heavy (non-hydrogen) atoms. The van der Waals surface area contributed by atoms with Gasteiger partial charge in [-0.2, -0.15) is 5.26 Å². The van der Waals surface area contributed by atoms with E-state index < -0.39 is 0 Å². The molecule has 3 fully saturated rings. The average molecular weight is 261 g/mol. The van der Waals surface area contributed by atoms with Crippen molar-refractivity contribution < 1.29 is 0 Å². The fourth-order valence-electron chi connectivity index (χ4n) is 4.42.